The molecule has 2 aromatic rings. The summed E-state index contributed by atoms with van der Waals surface area (Å²) in [6.07, 6.45) is 0. The van der Waals surface area contributed by atoms with Crippen molar-refractivity contribution < 1.29 is 4.79 Å². The fraction of sp³-hybridized carbons (Fsp3) is 0.0769. The van der Waals surface area contributed by atoms with Crippen molar-refractivity contribution in [3.63, 3.8) is 0 Å². The van der Waals surface area contributed by atoms with Crippen molar-refractivity contribution in [1.82, 2.24) is 5.32 Å². The molecule has 0 spiro atoms. The summed E-state index contributed by atoms with van der Waals surface area (Å²) in [5.41, 5.74) is 5.94. The Labute approximate surface area is 118 Å². The smallest absolute Gasteiger partial charge is 0.251 e. The molecule has 5 heteroatoms. The average Bonchev–Trinajstić information content (AvgIpc) is 2.35. The van der Waals surface area contributed by atoms with Crippen LogP contribution in [0.25, 0.3) is 10.8 Å². The highest BCUT2D eigenvalue weighted by molar-refractivity contribution is 9.10. The first-order chi connectivity index (χ1) is 8.56. The molecule has 0 bridgehead atoms. The predicted octanol–water partition coefficient (Wildman–Crippen LogP) is 2.62. The van der Waals surface area contributed by atoms with Crippen molar-refractivity contribution in [3.8, 4) is 0 Å². The fourth-order valence-electron chi connectivity index (χ4n) is 1.63. The third-order valence-corrected chi connectivity index (χ3v) is 3.13. The number of benzene rings is 2. The van der Waals surface area contributed by atoms with E-state index < -0.39 is 0 Å². The number of rotatable bonds is 3. The molecule has 2 rings (SSSR count). The molecule has 0 aliphatic rings. The minimum Gasteiger partial charge on any atom is -0.392 e. The van der Waals surface area contributed by atoms with Gasteiger partial charge in [-0.1, -0.05) is 40.3 Å². The van der Waals surface area contributed by atoms with Crippen molar-refractivity contribution in [2.24, 2.45) is 5.73 Å². The van der Waals surface area contributed by atoms with Crippen LogP contribution in [0.15, 0.2) is 40.9 Å². The van der Waals surface area contributed by atoms with Gasteiger partial charge in [0.05, 0.1) is 11.5 Å². The molecule has 3 N–H and O–H groups in total. The minimum atomic E-state index is -0.174. The van der Waals surface area contributed by atoms with Crippen LogP contribution in [0.4, 0.5) is 0 Å². The molecule has 0 radical (unpaired) electrons. The number of halogens is 1. The quantitative estimate of drug-likeness (QED) is 0.854. The van der Waals surface area contributed by atoms with Crippen LogP contribution in [0, 0.1) is 0 Å². The zero-order chi connectivity index (χ0) is 13.1. The van der Waals surface area contributed by atoms with Crippen LogP contribution in [0.2, 0.25) is 0 Å². The second-order valence-electron chi connectivity index (χ2n) is 3.86. The first kappa shape index (κ1) is 13.0. The van der Waals surface area contributed by atoms with Gasteiger partial charge in [0.1, 0.15) is 0 Å². The molecular formula is C13H11BrN2OS. The highest BCUT2D eigenvalue weighted by atomic mass is 79.9. The molecule has 18 heavy (non-hydrogen) atoms. The minimum absolute atomic E-state index is 0.174. The van der Waals surface area contributed by atoms with Gasteiger partial charge < -0.3 is 11.1 Å². The van der Waals surface area contributed by atoms with Crippen molar-refractivity contribution in [1.29, 1.82) is 0 Å². The summed E-state index contributed by atoms with van der Waals surface area (Å²) in [5.74, 6) is -0.174. The molecule has 2 aromatic carbocycles. The molecule has 0 saturated carbocycles. The maximum Gasteiger partial charge on any atom is 0.251 e. The van der Waals surface area contributed by atoms with E-state index in [1.807, 2.05) is 30.3 Å². The Morgan fingerprint density at radius 1 is 1.22 bits per heavy atom. The van der Waals surface area contributed by atoms with Crippen LogP contribution in [0.1, 0.15) is 10.4 Å². The molecule has 0 heterocycles. The summed E-state index contributed by atoms with van der Waals surface area (Å²) in [6.45, 7) is 0.215. The fourth-order valence-corrected chi connectivity index (χ4v) is 2.08. The summed E-state index contributed by atoms with van der Waals surface area (Å²) in [4.78, 5) is 12.1. The highest BCUT2D eigenvalue weighted by Gasteiger charge is 2.06. The lowest BCUT2D eigenvalue weighted by atomic mass is 10.1. The van der Waals surface area contributed by atoms with Gasteiger partial charge in [0.15, 0.2) is 0 Å². The number of nitrogens with two attached hydrogens (primary N) is 1. The van der Waals surface area contributed by atoms with Gasteiger partial charge in [0.25, 0.3) is 5.91 Å². The van der Waals surface area contributed by atoms with Gasteiger partial charge in [0.2, 0.25) is 0 Å². The molecule has 0 unspecified atom stereocenters. The van der Waals surface area contributed by atoms with Gasteiger partial charge in [-0.15, -0.1) is 0 Å². The molecule has 3 nitrogen and oxygen atoms in total. The van der Waals surface area contributed by atoms with E-state index in [4.69, 9.17) is 18.0 Å². The summed E-state index contributed by atoms with van der Waals surface area (Å²) >= 11 is 8.13. The Morgan fingerprint density at radius 2 is 1.89 bits per heavy atom. The molecule has 0 aliphatic heterocycles. The standard InChI is InChI=1S/C13H11BrN2OS/c14-11-4-3-8-5-10(2-1-9(8)6-11)13(17)16-7-12(15)18/h1-6H,7H2,(H2,15,18)(H,16,17). The second kappa shape index (κ2) is 5.46. The molecule has 0 atom stereocenters. The third kappa shape index (κ3) is 3.05. The molecule has 0 aromatic heterocycles. The van der Waals surface area contributed by atoms with Crippen LogP contribution in [-0.2, 0) is 0 Å². The van der Waals surface area contributed by atoms with E-state index in [0.29, 0.717) is 5.56 Å². The maximum absolute atomic E-state index is 11.8. The molecular weight excluding hydrogens is 312 g/mol. The van der Waals surface area contributed by atoms with Gasteiger partial charge in [-0.3, -0.25) is 4.79 Å². The number of thiocarbonyl (C=S) groups is 1. The SMILES string of the molecule is NC(=S)CNC(=O)c1ccc2cc(Br)ccc2c1. The lowest BCUT2D eigenvalue weighted by molar-refractivity contribution is 0.0959. The summed E-state index contributed by atoms with van der Waals surface area (Å²) in [5, 5.41) is 4.75. The van der Waals surface area contributed by atoms with E-state index in [1.165, 1.54) is 0 Å². The summed E-state index contributed by atoms with van der Waals surface area (Å²) in [7, 11) is 0. The molecule has 0 fully saturated rings. The zero-order valence-electron chi connectivity index (χ0n) is 9.44. The van der Waals surface area contributed by atoms with E-state index in [-0.39, 0.29) is 17.4 Å². The highest BCUT2D eigenvalue weighted by Crippen LogP contribution is 2.20. The van der Waals surface area contributed by atoms with Gasteiger partial charge >= 0.3 is 0 Å². The van der Waals surface area contributed by atoms with E-state index in [2.05, 4.69) is 21.2 Å². The van der Waals surface area contributed by atoms with E-state index in [0.717, 1.165) is 15.2 Å². The Hall–Kier alpha value is -1.46. The van der Waals surface area contributed by atoms with Crippen molar-refractivity contribution >= 4 is 49.8 Å². The number of fused-ring (bicyclic) bond motifs is 1. The second-order valence-corrected chi connectivity index (χ2v) is 5.30. The van der Waals surface area contributed by atoms with Crippen LogP contribution >= 0.6 is 28.1 Å². The lowest BCUT2D eigenvalue weighted by Crippen LogP contribution is -2.32. The van der Waals surface area contributed by atoms with Crippen molar-refractivity contribution in [3.05, 3.63) is 46.4 Å². The van der Waals surface area contributed by atoms with Crippen LogP contribution in [0.5, 0.6) is 0 Å². The van der Waals surface area contributed by atoms with E-state index in [1.54, 1.807) is 6.07 Å². The van der Waals surface area contributed by atoms with Crippen LogP contribution in [-0.4, -0.2) is 17.4 Å². The summed E-state index contributed by atoms with van der Waals surface area (Å²) in [6, 6.07) is 11.4. The topological polar surface area (TPSA) is 55.1 Å². The van der Waals surface area contributed by atoms with Gasteiger partial charge in [-0.2, -0.15) is 0 Å². The Kier molecular flexibility index (Phi) is 3.93. The number of hydrogen-bond acceptors (Lipinski definition) is 2. The van der Waals surface area contributed by atoms with Gasteiger partial charge in [-0.05, 0) is 35.0 Å². The zero-order valence-corrected chi connectivity index (χ0v) is 11.8. The Bertz CT molecular complexity index is 627. The van der Waals surface area contributed by atoms with E-state index in [9.17, 15) is 4.79 Å². The average molecular weight is 323 g/mol. The monoisotopic (exact) mass is 322 g/mol. The summed E-state index contributed by atoms with van der Waals surface area (Å²) < 4.78 is 1.01. The van der Waals surface area contributed by atoms with Crippen LogP contribution < -0.4 is 11.1 Å². The molecule has 0 saturated heterocycles. The van der Waals surface area contributed by atoms with Crippen molar-refractivity contribution in [2.45, 2.75) is 0 Å². The molecule has 1 amide bonds. The molecule has 92 valence electrons. The first-order valence-corrected chi connectivity index (χ1v) is 6.52. The molecule has 0 aliphatic carbocycles. The normalized spacial score (nSPS) is 10.3. The Morgan fingerprint density at radius 3 is 2.61 bits per heavy atom. The number of amides is 1. The van der Waals surface area contributed by atoms with Gasteiger partial charge in [0, 0.05) is 10.0 Å². The number of nitrogens with one attached hydrogen (secondary N) is 1. The van der Waals surface area contributed by atoms with Crippen molar-refractivity contribution in [2.75, 3.05) is 6.54 Å². The first-order valence-electron chi connectivity index (χ1n) is 5.32. The predicted molar refractivity (Wildman–Crippen MR) is 80.8 cm³/mol. The number of carbonyl (C=O) groups is 1. The number of hydrogen-bond donors (Lipinski definition) is 2. The number of carbonyl (C=O) groups excluding carboxylic acids is 1. The third-order valence-electron chi connectivity index (χ3n) is 2.49. The largest absolute Gasteiger partial charge is 0.392 e. The lowest BCUT2D eigenvalue weighted by Gasteiger charge is -2.05. The Balaban J connectivity index is 2.27. The van der Waals surface area contributed by atoms with E-state index >= 15 is 0 Å². The van der Waals surface area contributed by atoms with Gasteiger partial charge in [-0.25, -0.2) is 0 Å². The van der Waals surface area contributed by atoms with Crippen LogP contribution in [0.3, 0.4) is 0 Å². The maximum atomic E-state index is 11.8.